The van der Waals surface area contributed by atoms with Crippen molar-refractivity contribution in [1.29, 1.82) is 0 Å². The minimum Gasteiger partial charge on any atom is -0.456 e. The smallest absolute Gasteiger partial charge is 0.325 e. The van der Waals surface area contributed by atoms with Crippen molar-refractivity contribution in [1.82, 2.24) is 26.4 Å². The number of hydrogen-bond donors (Lipinski definition) is 4. The van der Waals surface area contributed by atoms with E-state index in [1.807, 2.05) is 105 Å². The molecule has 6 aliphatic heterocycles. The molecular formula is C62H87N5O13. The van der Waals surface area contributed by atoms with Crippen LogP contribution in [-0.4, -0.2) is 113 Å². The fourth-order valence-corrected chi connectivity index (χ4v) is 12.3. The third-order valence-corrected chi connectivity index (χ3v) is 17.5. The Labute approximate surface area is 472 Å². The maximum atomic E-state index is 14.7. The molecule has 5 bridgehead atoms. The van der Waals surface area contributed by atoms with Crippen molar-refractivity contribution in [3.8, 4) is 5.75 Å². The second kappa shape index (κ2) is 26.8. The quantitative estimate of drug-likeness (QED) is 0.0866. The van der Waals surface area contributed by atoms with Crippen molar-refractivity contribution < 1.29 is 62.0 Å². The molecule has 6 aliphatic rings. The van der Waals surface area contributed by atoms with Gasteiger partial charge in [-0.2, -0.15) is 0 Å². The van der Waals surface area contributed by atoms with E-state index in [4.69, 9.17) is 23.7 Å². The minimum atomic E-state index is -1.17. The number of allylic oxidation sites excluding steroid dienone is 5. The molecular weight excluding hydrogens is 1020 g/mol. The summed E-state index contributed by atoms with van der Waals surface area (Å²) in [4.78, 5) is 110. The van der Waals surface area contributed by atoms with Crippen LogP contribution in [0.5, 0.6) is 5.75 Å². The van der Waals surface area contributed by atoms with Gasteiger partial charge in [-0.1, -0.05) is 110 Å². The predicted octanol–water partition coefficient (Wildman–Crippen LogP) is 7.25. The number of nitrogens with one attached hydrogen (secondary N) is 4. The zero-order chi connectivity index (χ0) is 58.2. The first-order valence-electron chi connectivity index (χ1n) is 29.2. The topological polar surface area (TPSA) is 234 Å². The van der Waals surface area contributed by atoms with Gasteiger partial charge in [0.25, 0.3) is 5.91 Å². The molecule has 80 heavy (non-hydrogen) atoms. The molecule has 0 aromatic heterocycles. The third kappa shape index (κ3) is 14.6. The summed E-state index contributed by atoms with van der Waals surface area (Å²) in [5, 5.41) is 10.4. The van der Waals surface area contributed by atoms with E-state index >= 15 is 0 Å². The Balaban J connectivity index is 1.08. The van der Waals surface area contributed by atoms with Gasteiger partial charge in [0.05, 0.1) is 30.1 Å². The number of fused-ring (bicyclic) bond motifs is 4. The van der Waals surface area contributed by atoms with Crippen molar-refractivity contribution in [3.63, 3.8) is 0 Å². The zero-order valence-corrected chi connectivity index (χ0v) is 48.8. The van der Waals surface area contributed by atoms with Gasteiger partial charge in [-0.25, -0.2) is 5.43 Å². The summed E-state index contributed by atoms with van der Waals surface area (Å²) in [6, 6.07) is 3.58. The molecule has 0 aliphatic carbocycles. The van der Waals surface area contributed by atoms with Crippen LogP contribution in [0.25, 0.3) is 0 Å². The first-order valence-corrected chi connectivity index (χ1v) is 29.2. The molecule has 5 saturated heterocycles. The largest absolute Gasteiger partial charge is 0.456 e. The lowest BCUT2D eigenvalue weighted by molar-refractivity contribution is -0.344. The number of ketones is 2. The van der Waals surface area contributed by atoms with E-state index in [2.05, 4.69) is 21.4 Å². The summed E-state index contributed by atoms with van der Waals surface area (Å²) in [6.07, 6.45) is 15.6. The number of amides is 4. The number of rotatable bonds is 13. The SMILES string of the molecule is CC[C@H]1C[C@H](C)[C@@]2(NC1=O)O[C@@H](CC(=O)[C@@H](C)CC/C=C/C=C(\C)[C@@H]1C/C=C/C=C\[C@@H]3O[C@@]4(C)CC[C@@H](C(=O)N[C@@H](C(C)C)C(=O)N[C@@H](Cc5cccc(OC(C)=O)c5)C(=O)N5CCC[C@H](N5)C(=O)O1)[C@H](O4)[C@H]3C)[C@H](C)C(=O)[C@@H]2C. The molecule has 4 amide bonds. The Morgan fingerprint density at radius 1 is 0.938 bits per heavy atom. The van der Waals surface area contributed by atoms with E-state index in [9.17, 15) is 38.4 Å². The van der Waals surface area contributed by atoms with Gasteiger partial charge in [0.2, 0.25) is 17.7 Å². The average Bonchev–Trinajstić information content (AvgIpc) is 3.57. The number of cyclic esters (lactones) is 1. The van der Waals surface area contributed by atoms with Crippen LogP contribution in [0.2, 0.25) is 0 Å². The molecule has 0 unspecified atom stereocenters. The van der Waals surface area contributed by atoms with Crippen LogP contribution >= 0.6 is 0 Å². The standard InChI is InChI=1S/C62H87N5O13/c1-12-44-31-38(6)62(65-56(44)71)41(9)54(70)39(7)52(79-62)34-49(69)36(4)21-15-13-16-22-37(5)50-26-17-14-18-27-51-40(8)55-46(28-29-61(11,78-51)80-55)57(72)64-53(35(2)3)58(73)63-48(33-43-23-19-24-45(32-43)76-42(10)68)59(74)67-30-20-25-47(66-67)60(75)77-50/h13-14,16-19,22-24,27,32,35-36,38-41,44,46-48,50-53,55,66H,12,15,20-21,25-26,28-31,33-34H2,1-11H3,(H,63,73)(H,64,72)(H,65,71)/b16-13+,17-14+,27-18-,37-22+/t36-,38-,39-,40-,41-,44-,46+,47-,48-,50-,51-,52-,53-,55+,61+,62+/m0/s1. The molecule has 1 aromatic carbocycles. The van der Waals surface area contributed by atoms with Crippen LogP contribution in [-0.2, 0) is 63.7 Å². The van der Waals surface area contributed by atoms with Crippen LogP contribution in [0.4, 0.5) is 0 Å². The van der Waals surface area contributed by atoms with E-state index in [0.29, 0.717) is 63.4 Å². The molecule has 18 nitrogen and oxygen atoms in total. The summed E-state index contributed by atoms with van der Waals surface area (Å²) in [5.41, 5.74) is 3.30. The van der Waals surface area contributed by atoms with Gasteiger partial charge in [-0.3, -0.25) is 43.4 Å². The molecule has 1 spiro atoms. The molecule has 0 radical (unpaired) electrons. The van der Waals surface area contributed by atoms with Crippen LogP contribution in [0, 0.1) is 47.3 Å². The van der Waals surface area contributed by atoms with E-state index in [1.54, 1.807) is 31.2 Å². The van der Waals surface area contributed by atoms with E-state index < -0.39 is 95.6 Å². The summed E-state index contributed by atoms with van der Waals surface area (Å²) in [7, 11) is 0. The Bertz CT molecular complexity index is 2590. The van der Waals surface area contributed by atoms with Crippen molar-refractivity contribution in [2.45, 2.75) is 201 Å². The Kier molecular flexibility index (Phi) is 20.7. The lowest BCUT2D eigenvalue weighted by Gasteiger charge is -2.53. The van der Waals surface area contributed by atoms with Gasteiger partial charge < -0.3 is 39.6 Å². The molecule has 16 atom stereocenters. The van der Waals surface area contributed by atoms with E-state index in [-0.39, 0.29) is 78.1 Å². The number of piperidine rings is 1. The maximum absolute atomic E-state index is 14.7. The number of hydrogen-bond acceptors (Lipinski definition) is 14. The second-order valence-electron chi connectivity index (χ2n) is 23.9. The Morgan fingerprint density at radius 3 is 2.42 bits per heavy atom. The van der Waals surface area contributed by atoms with Crippen LogP contribution < -0.4 is 26.1 Å². The molecule has 1 aromatic rings. The van der Waals surface area contributed by atoms with Crippen molar-refractivity contribution >= 4 is 47.1 Å². The molecule has 438 valence electrons. The van der Waals surface area contributed by atoms with Gasteiger partial charge in [0, 0.05) is 68.7 Å². The first kappa shape index (κ1) is 61.8. The number of carbonyl (C=O) groups excluding carboxylic acids is 8. The number of esters is 2. The Morgan fingerprint density at radius 2 is 1.70 bits per heavy atom. The highest BCUT2D eigenvalue weighted by molar-refractivity contribution is 5.93. The predicted molar refractivity (Wildman–Crippen MR) is 298 cm³/mol. The van der Waals surface area contributed by atoms with Gasteiger partial charge >= 0.3 is 11.9 Å². The van der Waals surface area contributed by atoms with E-state index in [0.717, 1.165) is 5.57 Å². The highest BCUT2D eigenvalue weighted by atomic mass is 16.7. The molecule has 4 N–H and O–H groups in total. The number of Topliss-reactive ketones (excluding diaryl/α,β-unsaturated/α-hetero) is 2. The maximum Gasteiger partial charge on any atom is 0.325 e. The van der Waals surface area contributed by atoms with Gasteiger partial charge in [-0.15, -0.1) is 0 Å². The Hall–Kier alpha value is -5.82. The molecule has 0 saturated carbocycles. The number of nitrogens with zero attached hydrogens (tertiary/aromatic N) is 1. The van der Waals surface area contributed by atoms with Crippen LogP contribution in [0.3, 0.4) is 0 Å². The minimum absolute atomic E-state index is 0.00579. The number of ether oxygens (including phenoxy) is 5. The third-order valence-electron chi connectivity index (χ3n) is 17.5. The highest BCUT2D eigenvalue weighted by Gasteiger charge is 2.57. The zero-order valence-electron chi connectivity index (χ0n) is 48.8. The second-order valence-corrected chi connectivity index (χ2v) is 23.9. The van der Waals surface area contributed by atoms with Crippen molar-refractivity contribution in [2.75, 3.05) is 6.54 Å². The van der Waals surface area contributed by atoms with Crippen molar-refractivity contribution in [2.24, 2.45) is 47.3 Å². The monoisotopic (exact) mass is 1110 g/mol. The van der Waals surface area contributed by atoms with Crippen LogP contribution in [0.15, 0.2) is 72.4 Å². The number of hydrazine groups is 1. The fraction of sp³-hybridized carbons (Fsp3) is 0.645. The number of benzene rings is 1. The lowest BCUT2D eigenvalue weighted by Crippen LogP contribution is -2.70. The average molecular weight is 1110 g/mol. The molecule has 5 fully saturated rings. The lowest BCUT2D eigenvalue weighted by atomic mass is 9.70. The fourth-order valence-electron chi connectivity index (χ4n) is 12.3. The van der Waals surface area contributed by atoms with Crippen LogP contribution in [0.1, 0.15) is 146 Å². The van der Waals surface area contributed by atoms with Crippen molar-refractivity contribution in [3.05, 3.63) is 77.9 Å². The highest BCUT2D eigenvalue weighted by Crippen LogP contribution is 2.46. The summed E-state index contributed by atoms with van der Waals surface area (Å²) in [5.74, 6) is -6.10. The molecule has 6 heterocycles. The summed E-state index contributed by atoms with van der Waals surface area (Å²) >= 11 is 0. The number of carbonyl (C=O) groups is 8. The van der Waals surface area contributed by atoms with Gasteiger partial charge in [0.15, 0.2) is 11.5 Å². The van der Waals surface area contributed by atoms with Gasteiger partial charge in [0.1, 0.15) is 41.5 Å². The summed E-state index contributed by atoms with van der Waals surface area (Å²) < 4.78 is 31.2. The molecule has 7 rings (SSSR count). The summed E-state index contributed by atoms with van der Waals surface area (Å²) in [6.45, 7) is 20.4. The van der Waals surface area contributed by atoms with Gasteiger partial charge in [-0.05, 0) is 88.0 Å². The van der Waals surface area contributed by atoms with E-state index in [1.165, 1.54) is 11.9 Å². The first-order chi connectivity index (χ1) is 37.9. The normalized spacial score (nSPS) is 36.0. The molecule has 18 heteroatoms.